The molecule has 3 aromatic rings. The van der Waals surface area contributed by atoms with Crippen LogP contribution in [0.5, 0.6) is 0 Å². The molecule has 0 unspecified atom stereocenters. The Kier molecular flexibility index (Phi) is 8.18. The zero-order valence-electron chi connectivity index (χ0n) is 19.8. The van der Waals surface area contributed by atoms with Crippen LogP contribution < -0.4 is 5.73 Å². The number of amides is 1. The number of benzene rings is 3. The number of nitrogens with two attached hydrogens (primary N) is 1. The van der Waals surface area contributed by atoms with Crippen LogP contribution in [-0.4, -0.2) is 40.7 Å². The summed E-state index contributed by atoms with van der Waals surface area (Å²) in [5.74, 6) is -0.769. The third-order valence-electron chi connectivity index (χ3n) is 5.47. The van der Waals surface area contributed by atoms with Gasteiger partial charge in [0.25, 0.3) is 0 Å². The maximum atomic E-state index is 13.9. The lowest BCUT2D eigenvalue weighted by molar-refractivity contribution is -0.161. The van der Waals surface area contributed by atoms with Crippen LogP contribution in [0.3, 0.4) is 0 Å². The van der Waals surface area contributed by atoms with E-state index in [4.69, 9.17) is 10.5 Å². The van der Waals surface area contributed by atoms with Crippen molar-refractivity contribution in [2.24, 2.45) is 5.73 Å². The summed E-state index contributed by atoms with van der Waals surface area (Å²) in [6.45, 7) is 5.12. The minimum Gasteiger partial charge on any atom is -0.459 e. The van der Waals surface area contributed by atoms with E-state index in [0.717, 1.165) is 16.7 Å². The molecule has 1 amide bonds. The SMILES string of the molecule is CC(C)(C)OC(=O)CN(C(=O)[C@H](N)CS)C(c1ccccc1)(c1ccccc1)c1ccccc1. The van der Waals surface area contributed by atoms with Crippen LogP contribution >= 0.6 is 12.6 Å². The molecule has 0 heterocycles. The van der Waals surface area contributed by atoms with E-state index in [-0.39, 0.29) is 12.3 Å². The van der Waals surface area contributed by atoms with Crippen molar-refractivity contribution in [3.63, 3.8) is 0 Å². The van der Waals surface area contributed by atoms with E-state index in [1.807, 2.05) is 91.0 Å². The summed E-state index contributed by atoms with van der Waals surface area (Å²) in [5.41, 5.74) is 6.89. The van der Waals surface area contributed by atoms with E-state index in [1.54, 1.807) is 25.7 Å². The predicted octanol–water partition coefficient (Wildman–Crippen LogP) is 4.41. The van der Waals surface area contributed by atoms with Crippen LogP contribution in [0.25, 0.3) is 0 Å². The second-order valence-corrected chi connectivity index (χ2v) is 9.47. The van der Waals surface area contributed by atoms with E-state index in [0.29, 0.717) is 0 Å². The van der Waals surface area contributed by atoms with E-state index in [2.05, 4.69) is 12.6 Å². The summed E-state index contributed by atoms with van der Waals surface area (Å²) in [4.78, 5) is 28.6. The largest absolute Gasteiger partial charge is 0.459 e. The number of hydrogen-bond acceptors (Lipinski definition) is 5. The predicted molar refractivity (Wildman–Crippen MR) is 139 cm³/mol. The number of ether oxygens (including phenoxy) is 1. The normalized spacial score (nSPS) is 12.6. The molecular weight excluding hydrogens is 444 g/mol. The van der Waals surface area contributed by atoms with Crippen molar-refractivity contribution in [3.8, 4) is 0 Å². The van der Waals surface area contributed by atoms with Crippen molar-refractivity contribution in [3.05, 3.63) is 108 Å². The summed E-state index contributed by atoms with van der Waals surface area (Å²) in [7, 11) is 0. The Bertz CT molecular complexity index is 986. The lowest BCUT2D eigenvalue weighted by atomic mass is 9.75. The molecule has 0 aliphatic carbocycles. The fourth-order valence-corrected chi connectivity index (χ4v) is 4.30. The summed E-state index contributed by atoms with van der Waals surface area (Å²) in [6, 6.07) is 28.1. The lowest BCUT2D eigenvalue weighted by Crippen LogP contribution is -2.58. The Balaban J connectivity index is 2.36. The van der Waals surface area contributed by atoms with Gasteiger partial charge in [0.2, 0.25) is 5.91 Å². The van der Waals surface area contributed by atoms with Crippen molar-refractivity contribution >= 4 is 24.5 Å². The number of carbonyl (C=O) groups excluding carboxylic acids is 2. The highest BCUT2D eigenvalue weighted by Crippen LogP contribution is 2.42. The van der Waals surface area contributed by atoms with Crippen molar-refractivity contribution in [2.45, 2.75) is 38.0 Å². The van der Waals surface area contributed by atoms with Crippen LogP contribution in [0.4, 0.5) is 0 Å². The maximum absolute atomic E-state index is 13.9. The summed E-state index contributed by atoms with van der Waals surface area (Å²) in [6.07, 6.45) is 0. The number of rotatable bonds is 8. The topological polar surface area (TPSA) is 72.6 Å². The molecule has 0 bridgehead atoms. The standard InChI is InChI=1S/C28H32N2O3S/c1-27(2,3)33-25(31)19-30(26(32)24(29)20-34)28(21-13-7-4-8-14-21,22-15-9-5-10-16-22)23-17-11-6-12-18-23/h4-18,24,34H,19-20,29H2,1-3H3/t24-/m1/s1. The third-order valence-corrected chi connectivity index (χ3v) is 5.86. The first kappa shape index (κ1) is 25.5. The third kappa shape index (κ3) is 5.51. The second kappa shape index (κ2) is 10.9. The van der Waals surface area contributed by atoms with Gasteiger partial charge in [0.05, 0.1) is 6.04 Å². The van der Waals surface area contributed by atoms with E-state index < -0.39 is 29.1 Å². The highest BCUT2D eigenvalue weighted by Gasteiger charge is 2.46. The molecule has 0 saturated heterocycles. The van der Waals surface area contributed by atoms with E-state index in [1.165, 1.54) is 0 Å². The van der Waals surface area contributed by atoms with Gasteiger partial charge in [-0.3, -0.25) is 9.59 Å². The van der Waals surface area contributed by atoms with Crippen LogP contribution in [0.15, 0.2) is 91.0 Å². The van der Waals surface area contributed by atoms with Gasteiger partial charge in [-0.05, 0) is 37.5 Å². The van der Waals surface area contributed by atoms with Gasteiger partial charge < -0.3 is 15.4 Å². The first-order chi connectivity index (χ1) is 16.2. The number of thiol groups is 1. The molecule has 0 aromatic heterocycles. The number of hydrogen-bond donors (Lipinski definition) is 2. The molecule has 2 N–H and O–H groups in total. The van der Waals surface area contributed by atoms with Crippen LogP contribution in [0.2, 0.25) is 0 Å². The quantitative estimate of drug-likeness (QED) is 0.287. The van der Waals surface area contributed by atoms with Gasteiger partial charge >= 0.3 is 5.97 Å². The molecule has 178 valence electrons. The molecule has 6 heteroatoms. The molecule has 5 nitrogen and oxygen atoms in total. The smallest absolute Gasteiger partial charge is 0.326 e. The van der Waals surface area contributed by atoms with Gasteiger partial charge in [-0.15, -0.1) is 0 Å². The van der Waals surface area contributed by atoms with Crippen LogP contribution in [-0.2, 0) is 19.9 Å². The molecule has 0 spiro atoms. The Labute approximate surface area is 207 Å². The molecule has 34 heavy (non-hydrogen) atoms. The number of esters is 1. The second-order valence-electron chi connectivity index (χ2n) is 9.11. The Morgan fingerprint density at radius 1 is 0.824 bits per heavy atom. The van der Waals surface area contributed by atoms with Crippen molar-refractivity contribution in [2.75, 3.05) is 12.3 Å². The molecule has 0 aliphatic heterocycles. The van der Waals surface area contributed by atoms with Gasteiger partial charge in [-0.1, -0.05) is 91.0 Å². The summed E-state index contributed by atoms with van der Waals surface area (Å²) in [5, 5.41) is 0. The van der Waals surface area contributed by atoms with Gasteiger partial charge in [-0.2, -0.15) is 12.6 Å². The van der Waals surface area contributed by atoms with Gasteiger partial charge in [0.1, 0.15) is 17.7 Å². The average Bonchev–Trinajstić information content (AvgIpc) is 2.84. The van der Waals surface area contributed by atoms with Gasteiger partial charge in [0, 0.05) is 5.75 Å². The van der Waals surface area contributed by atoms with Crippen molar-refractivity contribution in [1.82, 2.24) is 4.90 Å². The molecule has 0 aliphatic rings. The molecule has 3 rings (SSSR count). The van der Waals surface area contributed by atoms with Crippen molar-refractivity contribution < 1.29 is 14.3 Å². The highest BCUT2D eigenvalue weighted by atomic mass is 32.1. The molecular formula is C28H32N2O3S. The zero-order valence-corrected chi connectivity index (χ0v) is 20.7. The lowest BCUT2D eigenvalue weighted by Gasteiger charge is -2.46. The van der Waals surface area contributed by atoms with E-state index >= 15 is 0 Å². The fourth-order valence-electron chi connectivity index (χ4n) is 4.15. The van der Waals surface area contributed by atoms with Gasteiger partial charge in [0.15, 0.2) is 0 Å². The Hall–Kier alpha value is -3.09. The molecule has 0 fully saturated rings. The minimum absolute atomic E-state index is 0.137. The molecule has 0 radical (unpaired) electrons. The zero-order chi connectivity index (χ0) is 24.8. The Morgan fingerprint density at radius 2 is 1.21 bits per heavy atom. The van der Waals surface area contributed by atoms with Gasteiger partial charge in [-0.25, -0.2) is 0 Å². The van der Waals surface area contributed by atoms with Crippen molar-refractivity contribution in [1.29, 1.82) is 0 Å². The fraction of sp³-hybridized carbons (Fsp3) is 0.286. The highest BCUT2D eigenvalue weighted by molar-refractivity contribution is 7.80. The van der Waals surface area contributed by atoms with E-state index in [9.17, 15) is 9.59 Å². The minimum atomic E-state index is -1.13. The average molecular weight is 477 g/mol. The molecule has 1 atom stereocenters. The first-order valence-corrected chi connectivity index (χ1v) is 11.9. The first-order valence-electron chi connectivity index (χ1n) is 11.3. The summed E-state index contributed by atoms with van der Waals surface area (Å²) < 4.78 is 5.64. The van der Waals surface area contributed by atoms with Crippen LogP contribution in [0, 0.1) is 0 Å². The summed E-state index contributed by atoms with van der Waals surface area (Å²) >= 11 is 4.28. The van der Waals surface area contributed by atoms with Crippen LogP contribution in [0.1, 0.15) is 37.5 Å². The Morgan fingerprint density at radius 3 is 1.53 bits per heavy atom. The maximum Gasteiger partial charge on any atom is 0.326 e. The monoisotopic (exact) mass is 476 g/mol. The number of carbonyl (C=O) groups is 2. The molecule has 0 saturated carbocycles. The molecule has 3 aromatic carbocycles. The number of nitrogens with zero attached hydrogens (tertiary/aromatic N) is 1.